The number of unbranched alkanes of at least 4 members (excludes halogenated alkanes) is 2. The summed E-state index contributed by atoms with van der Waals surface area (Å²) in [5.74, 6) is -0.621. The van der Waals surface area contributed by atoms with Crippen LogP contribution in [0.5, 0.6) is 5.88 Å². The Hall–Kier alpha value is -2.90. The summed E-state index contributed by atoms with van der Waals surface area (Å²) in [5.41, 5.74) is 2.36. The molecule has 160 valence electrons. The number of carbonyl (C=O) groups is 1. The number of aromatic amines is 1. The highest BCUT2D eigenvalue weighted by Crippen LogP contribution is 2.38. The number of fused-ring (bicyclic) bond motifs is 1. The fraction of sp³-hybridized carbons (Fsp3) is 0.217. The van der Waals surface area contributed by atoms with Crippen LogP contribution in [0, 0.1) is 0 Å². The second-order valence-electron chi connectivity index (χ2n) is 7.42. The van der Waals surface area contributed by atoms with Crippen LogP contribution in [-0.2, 0) is 9.84 Å². The van der Waals surface area contributed by atoms with Crippen LogP contribution in [0.4, 0.5) is 0 Å². The zero-order valence-electron chi connectivity index (χ0n) is 16.9. The maximum absolute atomic E-state index is 12.7. The van der Waals surface area contributed by atoms with E-state index in [2.05, 4.69) is 9.98 Å². The lowest BCUT2D eigenvalue weighted by Gasteiger charge is -2.07. The number of amides is 1. The fourth-order valence-electron chi connectivity index (χ4n) is 3.68. The second kappa shape index (κ2) is 8.32. The molecular weight excluding hydrogens is 436 g/mol. The van der Waals surface area contributed by atoms with Gasteiger partial charge in [-0.15, -0.1) is 0 Å². The Labute approximate surface area is 185 Å². The van der Waals surface area contributed by atoms with Crippen LogP contribution in [0.15, 0.2) is 58.4 Å². The quantitative estimate of drug-likeness (QED) is 0.489. The molecule has 0 unspecified atom stereocenters. The Morgan fingerprint density at radius 2 is 1.77 bits per heavy atom. The van der Waals surface area contributed by atoms with Crippen LogP contribution < -0.4 is 0 Å². The first kappa shape index (κ1) is 21.3. The number of nitrogens with zero attached hydrogens (tertiary/aromatic N) is 1. The van der Waals surface area contributed by atoms with Crippen molar-refractivity contribution in [2.75, 3.05) is 5.75 Å². The lowest BCUT2D eigenvalue weighted by molar-refractivity contribution is 0.101. The number of hydrogen-bond donors (Lipinski definition) is 2. The standard InChI is InChI=1S/C23H21ClN2O4S/c1-2-3-4-12-31(29,30)17-7-5-6-15(13-17)21-19-18(22(27)26-21)20(25-23(19)28)14-8-10-16(24)11-9-14/h5-11,13,26-27H,2-4,12H2,1H3. The molecule has 3 aromatic rings. The molecule has 1 amide bonds. The van der Waals surface area contributed by atoms with Gasteiger partial charge in [-0.1, -0.05) is 55.6 Å². The first-order valence-corrected chi connectivity index (χ1v) is 12.0. The van der Waals surface area contributed by atoms with Gasteiger partial charge in [0, 0.05) is 16.1 Å². The normalized spacial score (nSPS) is 13.4. The predicted molar refractivity (Wildman–Crippen MR) is 121 cm³/mol. The van der Waals surface area contributed by atoms with Crippen LogP contribution in [0.3, 0.4) is 0 Å². The Balaban J connectivity index is 1.74. The number of H-pyrrole nitrogens is 1. The summed E-state index contributed by atoms with van der Waals surface area (Å²) in [6.45, 7) is 2.02. The predicted octanol–water partition coefficient (Wildman–Crippen LogP) is 5.00. The number of aromatic hydroxyl groups is 1. The summed E-state index contributed by atoms with van der Waals surface area (Å²) in [7, 11) is -3.44. The number of rotatable bonds is 7. The summed E-state index contributed by atoms with van der Waals surface area (Å²) in [4.78, 5) is 19.9. The van der Waals surface area contributed by atoms with Gasteiger partial charge in [-0.25, -0.2) is 13.4 Å². The zero-order chi connectivity index (χ0) is 22.2. The molecule has 0 saturated heterocycles. The van der Waals surface area contributed by atoms with Crippen LogP contribution in [0.1, 0.15) is 47.7 Å². The van der Waals surface area contributed by atoms with Gasteiger partial charge in [0.15, 0.2) is 15.7 Å². The number of benzene rings is 2. The number of hydrogen-bond acceptors (Lipinski definition) is 4. The van der Waals surface area contributed by atoms with Gasteiger partial charge in [0.25, 0.3) is 5.91 Å². The van der Waals surface area contributed by atoms with Gasteiger partial charge in [0.05, 0.1) is 33.2 Å². The van der Waals surface area contributed by atoms with Crippen molar-refractivity contribution >= 4 is 33.1 Å². The number of aliphatic imine (C=N–C) groups is 1. The summed E-state index contributed by atoms with van der Waals surface area (Å²) in [6.07, 6.45) is 2.37. The summed E-state index contributed by atoms with van der Waals surface area (Å²) in [6, 6.07) is 13.2. The van der Waals surface area contributed by atoms with Crippen LogP contribution >= 0.6 is 11.6 Å². The average molecular weight is 457 g/mol. The minimum absolute atomic E-state index is 0.0706. The highest BCUT2D eigenvalue weighted by Gasteiger charge is 2.33. The zero-order valence-corrected chi connectivity index (χ0v) is 18.4. The molecule has 0 atom stereocenters. The number of sulfone groups is 1. The maximum atomic E-state index is 12.7. The summed E-state index contributed by atoms with van der Waals surface area (Å²) >= 11 is 5.94. The van der Waals surface area contributed by atoms with Gasteiger partial charge >= 0.3 is 0 Å². The van der Waals surface area contributed by atoms with E-state index in [-0.39, 0.29) is 22.1 Å². The summed E-state index contributed by atoms with van der Waals surface area (Å²) in [5, 5.41) is 11.1. The molecule has 1 aliphatic heterocycles. The van der Waals surface area contributed by atoms with Crippen molar-refractivity contribution in [2.24, 2.45) is 4.99 Å². The molecule has 1 aromatic heterocycles. The van der Waals surface area contributed by atoms with Crippen molar-refractivity contribution in [1.29, 1.82) is 0 Å². The van der Waals surface area contributed by atoms with E-state index in [1.165, 1.54) is 6.07 Å². The van der Waals surface area contributed by atoms with E-state index in [1.807, 2.05) is 6.92 Å². The topological polar surface area (TPSA) is 99.6 Å². The molecule has 0 radical (unpaired) electrons. The van der Waals surface area contributed by atoms with Crippen molar-refractivity contribution in [3.05, 3.63) is 70.2 Å². The maximum Gasteiger partial charge on any atom is 0.280 e. The first-order chi connectivity index (χ1) is 14.8. The van der Waals surface area contributed by atoms with Crippen molar-refractivity contribution in [2.45, 2.75) is 31.1 Å². The van der Waals surface area contributed by atoms with Crippen LogP contribution in [0.2, 0.25) is 5.02 Å². The van der Waals surface area contributed by atoms with Crippen LogP contribution in [0.25, 0.3) is 11.3 Å². The van der Waals surface area contributed by atoms with Gasteiger partial charge in [-0.05, 0) is 30.7 Å². The molecule has 2 N–H and O–H groups in total. The molecule has 0 fully saturated rings. The van der Waals surface area contributed by atoms with Crippen LogP contribution in [-0.4, -0.2) is 35.9 Å². The molecular formula is C23H21ClN2O4S. The monoisotopic (exact) mass is 456 g/mol. The van der Waals surface area contributed by atoms with E-state index < -0.39 is 15.7 Å². The number of halogens is 1. The third-order valence-electron chi connectivity index (χ3n) is 5.26. The van der Waals surface area contributed by atoms with Gasteiger partial charge in [-0.3, -0.25) is 4.79 Å². The smallest absolute Gasteiger partial charge is 0.280 e. The highest BCUT2D eigenvalue weighted by atomic mass is 35.5. The molecule has 0 aliphatic carbocycles. The second-order valence-corrected chi connectivity index (χ2v) is 9.97. The SMILES string of the molecule is CCCCCS(=O)(=O)c1cccc(-c2[nH]c(O)c3c2C(=O)N=C3c2ccc(Cl)cc2)c1. The molecule has 31 heavy (non-hydrogen) atoms. The summed E-state index contributed by atoms with van der Waals surface area (Å²) < 4.78 is 25.4. The minimum atomic E-state index is -3.44. The molecule has 1 aliphatic rings. The lowest BCUT2D eigenvalue weighted by atomic mass is 10.0. The van der Waals surface area contributed by atoms with Gasteiger partial charge in [0.2, 0.25) is 0 Å². The molecule has 6 nitrogen and oxygen atoms in total. The molecule has 0 spiro atoms. The third-order valence-corrected chi connectivity index (χ3v) is 7.31. The lowest BCUT2D eigenvalue weighted by Crippen LogP contribution is -2.07. The molecule has 2 aromatic carbocycles. The van der Waals surface area contributed by atoms with Gasteiger partial charge < -0.3 is 10.1 Å². The van der Waals surface area contributed by atoms with E-state index >= 15 is 0 Å². The van der Waals surface area contributed by atoms with Crippen molar-refractivity contribution in [1.82, 2.24) is 4.98 Å². The fourth-order valence-corrected chi connectivity index (χ4v) is 5.22. The van der Waals surface area contributed by atoms with Gasteiger partial charge in [-0.2, -0.15) is 0 Å². The van der Waals surface area contributed by atoms with Crippen molar-refractivity contribution in [3.8, 4) is 17.1 Å². The van der Waals surface area contributed by atoms with E-state index in [1.54, 1.807) is 42.5 Å². The highest BCUT2D eigenvalue weighted by molar-refractivity contribution is 7.91. The number of aromatic nitrogens is 1. The van der Waals surface area contributed by atoms with E-state index in [0.29, 0.717) is 39.5 Å². The Kier molecular flexibility index (Phi) is 5.73. The Morgan fingerprint density at radius 1 is 1.03 bits per heavy atom. The molecule has 0 saturated carbocycles. The van der Waals surface area contributed by atoms with E-state index in [4.69, 9.17) is 11.6 Å². The van der Waals surface area contributed by atoms with E-state index in [0.717, 1.165) is 12.8 Å². The van der Waals surface area contributed by atoms with Crippen molar-refractivity contribution < 1.29 is 18.3 Å². The number of carbonyl (C=O) groups excluding carboxylic acids is 1. The third kappa shape index (κ3) is 4.03. The average Bonchev–Trinajstić information content (AvgIpc) is 3.27. The molecule has 0 bridgehead atoms. The Bertz CT molecular complexity index is 1290. The first-order valence-electron chi connectivity index (χ1n) is 9.99. The van der Waals surface area contributed by atoms with E-state index in [9.17, 15) is 18.3 Å². The molecule has 4 rings (SSSR count). The molecule has 2 heterocycles. The van der Waals surface area contributed by atoms with Gasteiger partial charge in [0.1, 0.15) is 0 Å². The Morgan fingerprint density at radius 3 is 2.48 bits per heavy atom. The minimum Gasteiger partial charge on any atom is -0.494 e. The van der Waals surface area contributed by atoms with Crippen molar-refractivity contribution in [3.63, 3.8) is 0 Å². The molecule has 8 heteroatoms. The number of nitrogens with one attached hydrogen (secondary N) is 1. The largest absolute Gasteiger partial charge is 0.494 e.